The van der Waals surface area contributed by atoms with Gasteiger partial charge < -0.3 is 25.4 Å². The molecule has 1 fully saturated rings. The minimum Gasteiger partial charge on any atom is -0.444 e. The summed E-state index contributed by atoms with van der Waals surface area (Å²) < 4.78 is 10.4. The van der Waals surface area contributed by atoms with Crippen LogP contribution >= 0.6 is 0 Å². The van der Waals surface area contributed by atoms with Crippen LogP contribution in [0.2, 0.25) is 0 Å². The summed E-state index contributed by atoms with van der Waals surface area (Å²) in [5, 5.41) is 7.95. The molecule has 8 heteroatoms. The predicted molar refractivity (Wildman–Crippen MR) is 106 cm³/mol. The van der Waals surface area contributed by atoms with Gasteiger partial charge in [0.1, 0.15) is 12.1 Å². The highest BCUT2D eigenvalue weighted by molar-refractivity contribution is 6.00. The molecule has 1 aromatic carbocycles. The smallest absolute Gasteiger partial charge is 0.408 e. The van der Waals surface area contributed by atoms with Crippen LogP contribution in [0.3, 0.4) is 0 Å². The van der Waals surface area contributed by atoms with E-state index in [4.69, 9.17) is 9.47 Å². The maximum absolute atomic E-state index is 12.3. The largest absolute Gasteiger partial charge is 0.444 e. The SMILES string of the molecule is CC(C)(C)OC(=O)NCC(=O)Nc1ccccc1NC(=O)CC1CCOCC1. The molecule has 0 bridgehead atoms. The Bertz CT molecular complexity index is 693. The minimum atomic E-state index is -0.666. The van der Waals surface area contributed by atoms with Gasteiger partial charge in [-0.15, -0.1) is 0 Å². The van der Waals surface area contributed by atoms with Crippen LogP contribution in [-0.4, -0.2) is 43.3 Å². The third kappa shape index (κ3) is 7.96. The maximum Gasteiger partial charge on any atom is 0.408 e. The van der Waals surface area contributed by atoms with Crippen molar-refractivity contribution in [1.82, 2.24) is 5.32 Å². The maximum atomic E-state index is 12.3. The zero-order valence-electron chi connectivity index (χ0n) is 16.7. The van der Waals surface area contributed by atoms with Gasteiger partial charge in [-0.25, -0.2) is 4.79 Å². The number of amides is 3. The van der Waals surface area contributed by atoms with Crippen molar-refractivity contribution in [1.29, 1.82) is 0 Å². The van der Waals surface area contributed by atoms with E-state index in [9.17, 15) is 14.4 Å². The third-order valence-corrected chi connectivity index (χ3v) is 4.08. The van der Waals surface area contributed by atoms with Crippen molar-refractivity contribution in [2.75, 3.05) is 30.4 Å². The summed E-state index contributed by atoms with van der Waals surface area (Å²) in [5.41, 5.74) is 0.353. The summed E-state index contributed by atoms with van der Waals surface area (Å²) in [6.07, 6.45) is 1.51. The van der Waals surface area contributed by atoms with Crippen LogP contribution < -0.4 is 16.0 Å². The molecule has 3 N–H and O–H groups in total. The Kier molecular flexibility index (Phi) is 7.80. The Morgan fingerprint density at radius 3 is 2.18 bits per heavy atom. The first-order valence-corrected chi connectivity index (χ1v) is 9.46. The molecule has 0 saturated carbocycles. The second-order valence-corrected chi connectivity index (χ2v) is 7.76. The molecule has 0 aromatic heterocycles. The lowest BCUT2D eigenvalue weighted by molar-refractivity contribution is -0.118. The Morgan fingerprint density at radius 1 is 1.04 bits per heavy atom. The lowest BCUT2D eigenvalue weighted by atomic mass is 9.96. The van der Waals surface area contributed by atoms with E-state index in [1.807, 2.05) is 0 Å². The quantitative estimate of drug-likeness (QED) is 0.691. The van der Waals surface area contributed by atoms with Crippen LogP contribution in [0.25, 0.3) is 0 Å². The first kappa shape index (κ1) is 21.7. The van der Waals surface area contributed by atoms with Crippen molar-refractivity contribution in [3.8, 4) is 0 Å². The molecule has 1 aliphatic rings. The Morgan fingerprint density at radius 2 is 1.61 bits per heavy atom. The summed E-state index contributed by atoms with van der Waals surface area (Å²) in [5.74, 6) is -0.203. The van der Waals surface area contributed by atoms with E-state index in [0.717, 1.165) is 12.8 Å². The van der Waals surface area contributed by atoms with Gasteiger partial charge in [0.2, 0.25) is 11.8 Å². The monoisotopic (exact) mass is 391 g/mol. The van der Waals surface area contributed by atoms with E-state index in [2.05, 4.69) is 16.0 Å². The van der Waals surface area contributed by atoms with Gasteiger partial charge in [-0.05, 0) is 51.7 Å². The highest BCUT2D eigenvalue weighted by Gasteiger charge is 2.19. The second-order valence-electron chi connectivity index (χ2n) is 7.76. The van der Waals surface area contributed by atoms with Crippen LogP contribution in [0, 0.1) is 5.92 Å². The number of hydrogen-bond donors (Lipinski definition) is 3. The van der Waals surface area contributed by atoms with Crippen molar-refractivity contribution in [2.45, 2.75) is 45.6 Å². The van der Waals surface area contributed by atoms with Gasteiger partial charge in [-0.1, -0.05) is 12.1 Å². The Balaban J connectivity index is 1.85. The van der Waals surface area contributed by atoms with Crippen LogP contribution in [0.4, 0.5) is 16.2 Å². The highest BCUT2D eigenvalue weighted by atomic mass is 16.6. The first-order chi connectivity index (χ1) is 13.2. The fourth-order valence-corrected chi connectivity index (χ4v) is 2.78. The number of para-hydroxylation sites is 2. The molecule has 0 spiro atoms. The van der Waals surface area contributed by atoms with Gasteiger partial charge in [-0.3, -0.25) is 9.59 Å². The molecule has 1 aliphatic heterocycles. The van der Waals surface area contributed by atoms with Gasteiger partial charge in [0.15, 0.2) is 0 Å². The molecular formula is C20H29N3O5. The van der Waals surface area contributed by atoms with E-state index in [0.29, 0.717) is 36.9 Å². The van der Waals surface area contributed by atoms with Crippen LogP contribution in [0.5, 0.6) is 0 Å². The van der Waals surface area contributed by atoms with Crippen molar-refractivity contribution in [2.24, 2.45) is 5.92 Å². The summed E-state index contributed by atoms with van der Waals surface area (Å²) in [6, 6.07) is 6.94. The number of carbonyl (C=O) groups is 3. The molecule has 3 amide bonds. The highest BCUT2D eigenvalue weighted by Crippen LogP contribution is 2.23. The lowest BCUT2D eigenvalue weighted by Crippen LogP contribution is -2.37. The molecule has 1 aromatic rings. The Hall–Kier alpha value is -2.61. The van der Waals surface area contributed by atoms with Gasteiger partial charge in [0, 0.05) is 19.6 Å². The summed E-state index contributed by atoms with van der Waals surface area (Å²) >= 11 is 0. The fraction of sp³-hybridized carbons (Fsp3) is 0.550. The average molecular weight is 391 g/mol. The zero-order chi connectivity index (χ0) is 20.6. The topological polar surface area (TPSA) is 106 Å². The molecule has 0 atom stereocenters. The number of hydrogen-bond acceptors (Lipinski definition) is 5. The number of anilines is 2. The van der Waals surface area contributed by atoms with Gasteiger partial charge in [-0.2, -0.15) is 0 Å². The van der Waals surface area contributed by atoms with Gasteiger partial charge in [0.05, 0.1) is 11.4 Å². The van der Waals surface area contributed by atoms with E-state index >= 15 is 0 Å². The van der Waals surface area contributed by atoms with Crippen molar-refractivity contribution in [3.05, 3.63) is 24.3 Å². The molecule has 28 heavy (non-hydrogen) atoms. The minimum absolute atomic E-state index is 0.0968. The number of benzene rings is 1. The van der Waals surface area contributed by atoms with Gasteiger partial charge in [0.25, 0.3) is 0 Å². The number of alkyl carbamates (subject to hydrolysis) is 1. The van der Waals surface area contributed by atoms with Crippen molar-refractivity contribution in [3.63, 3.8) is 0 Å². The van der Waals surface area contributed by atoms with Crippen LogP contribution in [0.1, 0.15) is 40.0 Å². The van der Waals surface area contributed by atoms with E-state index in [1.165, 1.54) is 0 Å². The first-order valence-electron chi connectivity index (χ1n) is 9.46. The van der Waals surface area contributed by atoms with Crippen molar-refractivity contribution < 1.29 is 23.9 Å². The van der Waals surface area contributed by atoms with E-state index < -0.39 is 17.6 Å². The molecular weight excluding hydrogens is 362 g/mol. The molecule has 0 aliphatic carbocycles. The van der Waals surface area contributed by atoms with Gasteiger partial charge >= 0.3 is 6.09 Å². The second kappa shape index (κ2) is 10.1. The van der Waals surface area contributed by atoms with Crippen molar-refractivity contribution >= 4 is 29.3 Å². The fourth-order valence-electron chi connectivity index (χ4n) is 2.78. The number of rotatable bonds is 6. The van der Waals surface area contributed by atoms with Crippen LogP contribution in [-0.2, 0) is 19.1 Å². The number of nitrogens with one attached hydrogen (secondary N) is 3. The summed E-state index contributed by atoms with van der Waals surface area (Å²) in [6.45, 7) is 6.37. The standard InChI is InChI=1S/C20H29N3O5/c1-20(2,3)28-19(26)21-13-18(25)23-16-7-5-4-6-15(16)22-17(24)12-14-8-10-27-11-9-14/h4-7,14H,8-13H2,1-3H3,(H,21,26)(H,22,24)(H,23,25). The summed E-state index contributed by atoms with van der Waals surface area (Å²) in [7, 11) is 0. The number of carbonyl (C=O) groups excluding carboxylic acids is 3. The molecule has 0 unspecified atom stereocenters. The average Bonchev–Trinajstić information content (AvgIpc) is 2.61. The lowest BCUT2D eigenvalue weighted by Gasteiger charge is -2.21. The number of ether oxygens (including phenoxy) is 2. The zero-order valence-corrected chi connectivity index (χ0v) is 16.7. The van der Waals surface area contributed by atoms with Crippen LogP contribution in [0.15, 0.2) is 24.3 Å². The summed E-state index contributed by atoms with van der Waals surface area (Å²) in [4.78, 5) is 36.1. The molecule has 1 saturated heterocycles. The molecule has 1 heterocycles. The molecule has 154 valence electrons. The predicted octanol–water partition coefficient (Wildman–Crippen LogP) is 2.91. The Labute approximate surface area is 165 Å². The van der Waals surface area contributed by atoms with E-state index in [1.54, 1.807) is 45.0 Å². The normalized spacial score (nSPS) is 14.8. The molecule has 8 nitrogen and oxygen atoms in total. The third-order valence-electron chi connectivity index (χ3n) is 4.08. The molecule has 2 rings (SSSR count). The van der Waals surface area contributed by atoms with E-state index in [-0.39, 0.29) is 12.5 Å². The molecule has 0 radical (unpaired) electrons.